The van der Waals surface area contributed by atoms with Gasteiger partial charge in [-0.25, -0.2) is 4.79 Å². The second-order valence-corrected chi connectivity index (χ2v) is 8.43. The van der Waals surface area contributed by atoms with Gasteiger partial charge in [-0.15, -0.1) is 0 Å². The van der Waals surface area contributed by atoms with Crippen LogP contribution in [-0.4, -0.2) is 53.1 Å². The highest BCUT2D eigenvalue weighted by atomic mass is 32.2. The van der Waals surface area contributed by atoms with Crippen molar-refractivity contribution >= 4 is 46.3 Å². The average Bonchev–Trinajstić information content (AvgIpc) is 3.04. The summed E-state index contributed by atoms with van der Waals surface area (Å²) in [7, 11) is 1.58. The fraction of sp³-hybridized carbons (Fsp3) is 0.261. The third-order valence-corrected chi connectivity index (χ3v) is 5.93. The summed E-state index contributed by atoms with van der Waals surface area (Å²) >= 11 is 6.57. The van der Waals surface area contributed by atoms with Crippen LogP contribution in [0.1, 0.15) is 28.4 Å². The van der Waals surface area contributed by atoms with Crippen LogP contribution < -0.4 is 9.47 Å². The minimum atomic E-state index is -0.970. The molecule has 32 heavy (non-hydrogen) atoms. The van der Waals surface area contributed by atoms with E-state index in [1.54, 1.807) is 31.4 Å². The molecule has 0 saturated carbocycles. The molecule has 168 valence electrons. The summed E-state index contributed by atoms with van der Waals surface area (Å²) in [5, 5.41) is 9.00. The van der Waals surface area contributed by atoms with Crippen LogP contribution in [0.25, 0.3) is 6.08 Å². The molecule has 0 aromatic heterocycles. The lowest BCUT2D eigenvalue weighted by Gasteiger charge is -2.13. The molecule has 3 rings (SSSR count). The Labute approximate surface area is 196 Å². The van der Waals surface area contributed by atoms with Gasteiger partial charge in [-0.1, -0.05) is 42.2 Å². The predicted molar refractivity (Wildman–Crippen MR) is 127 cm³/mol. The summed E-state index contributed by atoms with van der Waals surface area (Å²) in [6.45, 7) is 3.42. The Hall–Kier alpha value is -2.88. The fourth-order valence-electron chi connectivity index (χ4n) is 2.93. The van der Waals surface area contributed by atoms with Gasteiger partial charge in [-0.3, -0.25) is 9.69 Å². The molecular formula is C23H23NO6S2. The van der Waals surface area contributed by atoms with E-state index < -0.39 is 5.97 Å². The van der Waals surface area contributed by atoms with E-state index in [2.05, 4.69) is 0 Å². The van der Waals surface area contributed by atoms with E-state index >= 15 is 0 Å². The second kappa shape index (κ2) is 11.1. The van der Waals surface area contributed by atoms with Crippen molar-refractivity contribution in [3.63, 3.8) is 0 Å². The SMILES string of the molecule is CCOc1cc(/C=C2\SC(=S)N(CCOC)C2=O)ccc1OCc1ccc(C(=O)O)cc1. The van der Waals surface area contributed by atoms with Gasteiger partial charge in [0.25, 0.3) is 5.91 Å². The molecular weight excluding hydrogens is 450 g/mol. The summed E-state index contributed by atoms with van der Waals surface area (Å²) in [6, 6.07) is 11.9. The van der Waals surface area contributed by atoms with Crippen molar-refractivity contribution in [2.75, 3.05) is 26.9 Å². The van der Waals surface area contributed by atoms with E-state index in [1.165, 1.54) is 28.8 Å². The van der Waals surface area contributed by atoms with E-state index in [4.69, 9.17) is 31.5 Å². The number of amides is 1. The van der Waals surface area contributed by atoms with Gasteiger partial charge in [0.05, 0.1) is 30.2 Å². The van der Waals surface area contributed by atoms with Crippen LogP contribution in [0.5, 0.6) is 11.5 Å². The van der Waals surface area contributed by atoms with Crippen LogP contribution in [0.4, 0.5) is 0 Å². The first kappa shape index (κ1) is 23.8. The molecule has 0 radical (unpaired) electrons. The molecule has 1 saturated heterocycles. The first-order chi connectivity index (χ1) is 15.4. The maximum atomic E-state index is 12.6. The van der Waals surface area contributed by atoms with E-state index in [0.717, 1.165) is 11.1 Å². The quantitative estimate of drug-likeness (QED) is 0.406. The molecule has 0 spiro atoms. The van der Waals surface area contributed by atoms with Gasteiger partial charge in [0.15, 0.2) is 11.5 Å². The molecule has 9 heteroatoms. The maximum absolute atomic E-state index is 12.6. The number of thioether (sulfide) groups is 1. The summed E-state index contributed by atoms with van der Waals surface area (Å²) in [5.74, 6) is -0.000312. The molecule has 1 amide bonds. The monoisotopic (exact) mass is 473 g/mol. The van der Waals surface area contributed by atoms with Crippen molar-refractivity contribution in [2.24, 2.45) is 0 Å². The molecule has 1 aliphatic rings. The number of aromatic carboxylic acids is 1. The first-order valence-corrected chi connectivity index (χ1v) is 11.1. The van der Waals surface area contributed by atoms with Crippen LogP contribution in [0.15, 0.2) is 47.4 Å². The van der Waals surface area contributed by atoms with E-state index in [0.29, 0.717) is 40.5 Å². The van der Waals surface area contributed by atoms with Crippen LogP contribution in [-0.2, 0) is 16.1 Å². The second-order valence-electron chi connectivity index (χ2n) is 6.76. The molecule has 7 nitrogen and oxygen atoms in total. The van der Waals surface area contributed by atoms with Gasteiger partial charge in [-0.05, 0) is 48.4 Å². The lowest BCUT2D eigenvalue weighted by molar-refractivity contribution is -0.122. The number of carbonyl (C=O) groups excluding carboxylic acids is 1. The molecule has 0 aliphatic carbocycles. The minimum absolute atomic E-state index is 0.139. The zero-order valence-corrected chi connectivity index (χ0v) is 19.3. The number of hydrogen-bond donors (Lipinski definition) is 1. The Bertz CT molecular complexity index is 1040. The predicted octanol–water partition coefficient (Wildman–Crippen LogP) is 4.21. The number of nitrogens with zero attached hydrogens (tertiary/aromatic N) is 1. The number of carboxylic acids is 1. The van der Waals surface area contributed by atoms with Crippen molar-refractivity contribution in [3.8, 4) is 11.5 Å². The summed E-state index contributed by atoms with van der Waals surface area (Å²) in [6.07, 6.45) is 1.78. The molecule has 2 aromatic rings. The maximum Gasteiger partial charge on any atom is 0.335 e. The van der Waals surface area contributed by atoms with Gasteiger partial charge in [0.1, 0.15) is 10.9 Å². The molecule has 1 N–H and O–H groups in total. The lowest BCUT2D eigenvalue weighted by Crippen LogP contribution is -2.31. The molecule has 0 bridgehead atoms. The fourth-order valence-corrected chi connectivity index (χ4v) is 4.24. The molecule has 1 fully saturated rings. The topological polar surface area (TPSA) is 85.3 Å². The number of carboxylic acid groups (broad SMARTS) is 1. The third-order valence-electron chi connectivity index (χ3n) is 4.55. The van der Waals surface area contributed by atoms with Gasteiger partial charge in [0, 0.05) is 7.11 Å². The van der Waals surface area contributed by atoms with Gasteiger partial charge in [0.2, 0.25) is 0 Å². The zero-order valence-electron chi connectivity index (χ0n) is 17.7. The number of methoxy groups -OCH3 is 1. The number of thiocarbonyl (C=S) groups is 1. The van der Waals surface area contributed by atoms with Crippen LogP contribution in [0.3, 0.4) is 0 Å². The Balaban J connectivity index is 1.74. The summed E-state index contributed by atoms with van der Waals surface area (Å²) < 4.78 is 17.2. The Morgan fingerprint density at radius 2 is 1.91 bits per heavy atom. The van der Waals surface area contributed by atoms with Crippen molar-refractivity contribution in [1.82, 2.24) is 4.90 Å². The van der Waals surface area contributed by atoms with E-state index in [-0.39, 0.29) is 18.1 Å². The smallest absolute Gasteiger partial charge is 0.335 e. The molecule has 0 unspecified atom stereocenters. The average molecular weight is 474 g/mol. The normalized spacial score (nSPS) is 14.8. The largest absolute Gasteiger partial charge is 0.490 e. The van der Waals surface area contributed by atoms with Gasteiger partial charge in [-0.2, -0.15) is 0 Å². The Morgan fingerprint density at radius 3 is 2.56 bits per heavy atom. The standard InChI is InChI=1S/C23H23NO6S2/c1-3-29-19-12-16(13-20-21(25)24(10-11-28-2)23(31)32-20)6-9-18(19)30-14-15-4-7-17(8-5-15)22(26)27/h4-9,12-13H,3,10-11,14H2,1-2H3,(H,26,27)/b20-13-. The Kier molecular flexibility index (Phi) is 8.26. The van der Waals surface area contributed by atoms with Crippen LogP contribution >= 0.6 is 24.0 Å². The van der Waals surface area contributed by atoms with E-state index in [1.807, 2.05) is 19.1 Å². The van der Waals surface area contributed by atoms with Crippen LogP contribution in [0.2, 0.25) is 0 Å². The van der Waals surface area contributed by atoms with E-state index in [9.17, 15) is 9.59 Å². The van der Waals surface area contributed by atoms with Gasteiger partial charge >= 0.3 is 5.97 Å². The van der Waals surface area contributed by atoms with Gasteiger partial charge < -0.3 is 19.3 Å². The number of ether oxygens (including phenoxy) is 3. The van der Waals surface area contributed by atoms with Crippen molar-refractivity contribution in [3.05, 3.63) is 64.1 Å². The highest BCUT2D eigenvalue weighted by Gasteiger charge is 2.31. The lowest BCUT2D eigenvalue weighted by atomic mass is 10.1. The first-order valence-electron chi connectivity index (χ1n) is 9.89. The van der Waals surface area contributed by atoms with Crippen LogP contribution in [0, 0.1) is 0 Å². The molecule has 2 aromatic carbocycles. The van der Waals surface area contributed by atoms with Crippen molar-refractivity contribution < 1.29 is 28.9 Å². The third kappa shape index (κ3) is 5.87. The number of carbonyl (C=O) groups is 2. The molecule has 0 atom stereocenters. The zero-order chi connectivity index (χ0) is 23.1. The molecule has 1 heterocycles. The number of rotatable bonds is 10. The highest BCUT2D eigenvalue weighted by Crippen LogP contribution is 2.35. The summed E-state index contributed by atoms with van der Waals surface area (Å²) in [4.78, 5) is 25.7. The number of hydrogen-bond acceptors (Lipinski definition) is 7. The van der Waals surface area contributed by atoms with Crippen molar-refractivity contribution in [2.45, 2.75) is 13.5 Å². The minimum Gasteiger partial charge on any atom is -0.490 e. The highest BCUT2D eigenvalue weighted by molar-refractivity contribution is 8.26. The van der Waals surface area contributed by atoms with Crippen molar-refractivity contribution in [1.29, 1.82) is 0 Å². The molecule has 1 aliphatic heterocycles. The Morgan fingerprint density at radius 1 is 1.16 bits per heavy atom. The summed E-state index contributed by atoms with van der Waals surface area (Å²) in [5.41, 5.74) is 1.85. The number of benzene rings is 2.